The van der Waals surface area contributed by atoms with Gasteiger partial charge in [0.05, 0.1) is 0 Å². The summed E-state index contributed by atoms with van der Waals surface area (Å²) >= 11 is 5.58. The monoisotopic (exact) mass is 260 g/mol. The van der Waals surface area contributed by atoms with Crippen LogP contribution in [-0.4, -0.2) is 54.2 Å². The predicted octanol–water partition coefficient (Wildman–Crippen LogP) is 1.47. The fraction of sp³-hybridized carbons (Fsp3) is 0.833. The molecule has 0 spiro atoms. The van der Waals surface area contributed by atoms with Gasteiger partial charge in [-0.05, 0) is 25.7 Å². The van der Waals surface area contributed by atoms with Gasteiger partial charge in [0, 0.05) is 32.9 Å². The van der Waals surface area contributed by atoms with Gasteiger partial charge in [0.1, 0.15) is 6.04 Å². The molecule has 0 aliphatic carbocycles. The van der Waals surface area contributed by atoms with Gasteiger partial charge in [0.25, 0.3) is 0 Å². The smallest absolute Gasteiger partial charge is 0.244 e. The van der Waals surface area contributed by atoms with E-state index in [-0.39, 0.29) is 17.9 Å². The Balaban J connectivity index is 2.51. The number of likely N-dealkylation sites (tertiary alicyclic amines) is 1. The third-order valence-electron chi connectivity index (χ3n) is 3.07. The van der Waals surface area contributed by atoms with E-state index in [1.165, 1.54) is 0 Å². The summed E-state index contributed by atoms with van der Waals surface area (Å²) in [6.07, 6.45) is 3.88. The van der Waals surface area contributed by atoms with Crippen molar-refractivity contribution in [2.75, 3.05) is 26.5 Å². The molecule has 1 saturated heterocycles. The van der Waals surface area contributed by atoms with Crippen LogP contribution in [0.5, 0.6) is 0 Å². The van der Waals surface area contributed by atoms with Crippen LogP contribution in [0.3, 0.4) is 0 Å². The summed E-state index contributed by atoms with van der Waals surface area (Å²) in [5.41, 5.74) is 0. The van der Waals surface area contributed by atoms with Gasteiger partial charge in [0.2, 0.25) is 11.8 Å². The fourth-order valence-corrected chi connectivity index (χ4v) is 2.32. The zero-order valence-electron chi connectivity index (χ0n) is 10.6. The molecule has 1 aliphatic rings. The minimum absolute atomic E-state index is 0.0354. The van der Waals surface area contributed by atoms with Gasteiger partial charge in [-0.25, -0.2) is 0 Å². The summed E-state index contributed by atoms with van der Waals surface area (Å²) in [7, 11) is 3.47. The summed E-state index contributed by atoms with van der Waals surface area (Å²) in [6, 6.07) is -0.242. The molecule has 1 fully saturated rings. The van der Waals surface area contributed by atoms with Gasteiger partial charge in [-0.15, -0.1) is 11.6 Å². The van der Waals surface area contributed by atoms with Gasteiger partial charge in [0.15, 0.2) is 0 Å². The highest BCUT2D eigenvalue weighted by Crippen LogP contribution is 2.20. The fourth-order valence-electron chi connectivity index (χ4n) is 2.13. The molecule has 98 valence electrons. The Labute approximate surface area is 108 Å². The molecule has 0 N–H and O–H groups in total. The number of hydrogen-bond donors (Lipinski definition) is 0. The molecule has 2 amide bonds. The number of unbranched alkanes of at least 4 members (excludes halogenated alkanes) is 1. The molecule has 4 nitrogen and oxygen atoms in total. The second kappa shape index (κ2) is 6.84. The van der Waals surface area contributed by atoms with Crippen LogP contribution in [0.4, 0.5) is 0 Å². The molecule has 1 heterocycles. The van der Waals surface area contributed by atoms with Crippen LogP contribution in [0.2, 0.25) is 0 Å². The lowest BCUT2D eigenvalue weighted by atomic mass is 10.1. The van der Waals surface area contributed by atoms with Gasteiger partial charge in [-0.3, -0.25) is 9.59 Å². The molecule has 0 aromatic carbocycles. The van der Waals surface area contributed by atoms with Crippen LogP contribution < -0.4 is 0 Å². The second-order valence-corrected chi connectivity index (χ2v) is 5.00. The Morgan fingerprint density at radius 1 is 1.35 bits per heavy atom. The third-order valence-corrected chi connectivity index (χ3v) is 3.34. The minimum atomic E-state index is -0.242. The van der Waals surface area contributed by atoms with Crippen LogP contribution >= 0.6 is 11.6 Å². The normalized spacial score (nSPS) is 19.5. The van der Waals surface area contributed by atoms with Crippen molar-refractivity contribution < 1.29 is 9.59 Å². The average Bonchev–Trinajstić information content (AvgIpc) is 2.76. The van der Waals surface area contributed by atoms with Gasteiger partial charge in [-0.2, -0.15) is 0 Å². The Kier molecular flexibility index (Phi) is 5.75. The van der Waals surface area contributed by atoms with Crippen LogP contribution in [0.15, 0.2) is 0 Å². The van der Waals surface area contributed by atoms with E-state index in [1.807, 2.05) is 0 Å². The lowest BCUT2D eigenvalue weighted by Gasteiger charge is -2.26. The maximum absolute atomic E-state index is 12.0. The molecule has 1 aliphatic heterocycles. The van der Waals surface area contributed by atoms with Gasteiger partial charge >= 0.3 is 0 Å². The molecule has 0 saturated carbocycles. The van der Waals surface area contributed by atoms with Crippen LogP contribution in [0, 0.1) is 0 Å². The Hall–Kier alpha value is -0.770. The van der Waals surface area contributed by atoms with E-state index in [4.69, 9.17) is 11.6 Å². The van der Waals surface area contributed by atoms with E-state index in [0.29, 0.717) is 18.8 Å². The summed E-state index contributed by atoms with van der Waals surface area (Å²) in [4.78, 5) is 27.2. The number of rotatable bonds is 5. The standard InChI is InChI=1S/C12H21ClN2O2/c1-14(2)12(17)10-6-5-9-15(10)11(16)7-3-4-8-13/h10H,3-9H2,1-2H3. The minimum Gasteiger partial charge on any atom is -0.347 e. The van der Waals surface area contributed by atoms with Crippen LogP contribution in [0.25, 0.3) is 0 Å². The predicted molar refractivity (Wildman–Crippen MR) is 68.0 cm³/mol. The van der Waals surface area contributed by atoms with E-state index in [1.54, 1.807) is 23.9 Å². The first-order valence-electron chi connectivity index (χ1n) is 6.14. The molecule has 0 bridgehead atoms. The lowest BCUT2D eigenvalue weighted by Crippen LogP contribution is -2.45. The zero-order chi connectivity index (χ0) is 12.8. The van der Waals surface area contributed by atoms with E-state index in [2.05, 4.69) is 0 Å². The first kappa shape index (κ1) is 14.3. The zero-order valence-corrected chi connectivity index (χ0v) is 11.4. The number of halogens is 1. The average molecular weight is 261 g/mol. The molecule has 1 atom stereocenters. The maximum Gasteiger partial charge on any atom is 0.244 e. The molecule has 1 unspecified atom stereocenters. The second-order valence-electron chi connectivity index (χ2n) is 4.62. The van der Waals surface area contributed by atoms with Gasteiger partial charge in [-0.1, -0.05) is 0 Å². The first-order valence-corrected chi connectivity index (χ1v) is 6.68. The summed E-state index contributed by atoms with van der Waals surface area (Å²) < 4.78 is 0. The van der Waals surface area contributed by atoms with Crippen molar-refractivity contribution in [2.45, 2.75) is 38.1 Å². The van der Waals surface area contributed by atoms with Crippen LogP contribution in [-0.2, 0) is 9.59 Å². The van der Waals surface area contributed by atoms with Crippen LogP contribution in [0.1, 0.15) is 32.1 Å². The van der Waals surface area contributed by atoms with Crippen molar-refractivity contribution in [3.05, 3.63) is 0 Å². The lowest BCUT2D eigenvalue weighted by molar-refractivity contribution is -0.142. The van der Waals surface area contributed by atoms with E-state index < -0.39 is 0 Å². The number of likely N-dealkylation sites (N-methyl/N-ethyl adjacent to an activating group) is 1. The number of amides is 2. The number of carbonyl (C=O) groups excluding carboxylic acids is 2. The number of nitrogens with zero attached hydrogens (tertiary/aromatic N) is 2. The molecule has 0 aromatic rings. The maximum atomic E-state index is 12.0. The van der Waals surface area contributed by atoms with E-state index in [9.17, 15) is 9.59 Å². The SMILES string of the molecule is CN(C)C(=O)C1CCCN1C(=O)CCCCCl. The Morgan fingerprint density at radius 2 is 2.06 bits per heavy atom. The van der Waals surface area contributed by atoms with Crippen molar-refractivity contribution in [2.24, 2.45) is 0 Å². The largest absolute Gasteiger partial charge is 0.347 e. The molecule has 0 aromatic heterocycles. The van der Waals surface area contributed by atoms with E-state index in [0.717, 1.165) is 25.7 Å². The summed E-state index contributed by atoms with van der Waals surface area (Å²) in [5, 5.41) is 0. The van der Waals surface area contributed by atoms with Crippen molar-refractivity contribution in [3.8, 4) is 0 Å². The van der Waals surface area contributed by atoms with Gasteiger partial charge < -0.3 is 9.80 Å². The topological polar surface area (TPSA) is 40.6 Å². The first-order chi connectivity index (χ1) is 8.07. The Bertz CT molecular complexity index is 282. The molecule has 5 heteroatoms. The van der Waals surface area contributed by atoms with Crippen molar-refractivity contribution in [1.29, 1.82) is 0 Å². The quantitative estimate of drug-likeness (QED) is 0.555. The van der Waals surface area contributed by atoms with E-state index >= 15 is 0 Å². The summed E-state index contributed by atoms with van der Waals surface area (Å²) in [6.45, 7) is 0.712. The molecule has 17 heavy (non-hydrogen) atoms. The van der Waals surface area contributed by atoms with Crippen molar-refractivity contribution >= 4 is 23.4 Å². The summed E-state index contributed by atoms with van der Waals surface area (Å²) in [5.74, 6) is 0.717. The highest BCUT2D eigenvalue weighted by atomic mass is 35.5. The number of carbonyl (C=O) groups is 2. The number of alkyl halides is 1. The molecular weight excluding hydrogens is 240 g/mol. The highest BCUT2D eigenvalue weighted by Gasteiger charge is 2.34. The molecular formula is C12H21ClN2O2. The number of hydrogen-bond acceptors (Lipinski definition) is 2. The molecule has 0 radical (unpaired) electrons. The highest BCUT2D eigenvalue weighted by molar-refractivity contribution is 6.17. The third kappa shape index (κ3) is 3.87. The molecule has 1 rings (SSSR count). The Morgan fingerprint density at radius 3 is 2.65 bits per heavy atom. The van der Waals surface area contributed by atoms with Crippen molar-refractivity contribution in [3.63, 3.8) is 0 Å². The van der Waals surface area contributed by atoms with Crippen molar-refractivity contribution in [1.82, 2.24) is 9.80 Å².